The van der Waals surface area contributed by atoms with Crippen molar-refractivity contribution in [2.45, 2.75) is 39.2 Å². The number of nitrogens with zero attached hydrogens (tertiary/aromatic N) is 1. The molecule has 1 saturated heterocycles. The van der Waals surface area contributed by atoms with E-state index in [0.717, 1.165) is 18.7 Å². The van der Waals surface area contributed by atoms with Crippen LogP contribution in [0.1, 0.15) is 29.5 Å². The van der Waals surface area contributed by atoms with Gasteiger partial charge in [0.1, 0.15) is 0 Å². The van der Waals surface area contributed by atoms with Gasteiger partial charge in [-0.05, 0) is 49.9 Å². The Morgan fingerprint density at radius 1 is 1.37 bits per heavy atom. The Morgan fingerprint density at radius 3 is 2.79 bits per heavy atom. The lowest BCUT2D eigenvalue weighted by Gasteiger charge is -2.21. The molecular weight excluding hydrogens is 236 g/mol. The van der Waals surface area contributed by atoms with Gasteiger partial charge < -0.3 is 10.2 Å². The van der Waals surface area contributed by atoms with Gasteiger partial charge in [0.25, 0.3) is 0 Å². The fourth-order valence-electron chi connectivity index (χ4n) is 2.57. The third kappa shape index (κ3) is 3.80. The first kappa shape index (κ1) is 14.1. The molecule has 1 N–H and O–H groups in total. The molecule has 1 heterocycles. The van der Waals surface area contributed by atoms with Crippen molar-refractivity contribution in [2.24, 2.45) is 0 Å². The Kier molecular flexibility index (Phi) is 4.59. The number of hydrogen-bond donors (Lipinski definition) is 1. The molecule has 3 heteroatoms. The summed E-state index contributed by atoms with van der Waals surface area (Å²) in [4.78, 5) is 14.1. The Balaban J connectivity index is 1.90. The fraction of sp³-hybridized carbons (Fsp3) is 0.562. The number of amides is 1. The van der Waals surface area contributed by atoms with E-state index in [1.165, 1.54) is 24.0 Å². The van der Waals surface area contributed by atoms with Gasteiger partial charge in [-0.2, -0.15) is 0 Å². The summed E-state index contributed by atoms with van der Waals surface area (Å²) in [5.41, 5.74) is 3.64. The monoisotopic (exact) mass is 260 g/mol. The lowest BCUT2D eigenvalue weighted by atomic mass is 10.0. The number of hydrogen-bond acceptors (Lipinski definition) is 2. The zero-order valence-electron chi connectivity index (χ0n) is 12.2. The number of aryl methyl sites for hydroxylation is 2. The normalized spacial score (nSPS) is 18.6. The summed E-state index contributed by atoms with van der Waals surface area (Å²) >= 11 is 0. The van der Waals surface area contributed by atoms with E-state index in [4.69, 9.17) is 0 Å². The maximum atomic E-state index is 12.2. The Labute approximate surface area is 116 Å². The van der Waals surface area contributed by atoms with Crippen LogP contribution in [0.15, 0.2) is 18.2 Å². The number of rotatable bonds is 4. The van der Waals surface area contributed by atoms with E-state index < -0.39 is 0 Å². The van der Waals surface area contributed by atoms with E-state index in [2.05, 4.69) is 37.4 Å². The third-order valence-electron chi connectivity index (χ3n) is 4.01. The standard InChI is InChI=1S/C16H24N2O/c1-12-6-7-14(9-13(12)2)10-16(19)18(3)11-15-5-4-8-17-15/h6-7,9,15,17H,4-5,8,10-11H2,1-3H3. The molecule has 0 saturated carbocycles. The first-order valence-corrected chi connectivity index (χ1v) is 7.10. The highest BCUT2D eigenvalue weighted by atomic mass is 16.2. The van der Waals surface area contributed by atoms with Gasteiger partial charge in [-0.25, -0.2) is 0 Å². The van der Waals surface area contributed by atoms with Crippen LogP contribution in [-0.4, -0.2) is 37.0 Å². The Bertz CT molecular complexity index is 450. The third-order valence-corrected chi connectivity index (χ3v) is 4.01. The maximum absolute atomic E-state index is 12.2. The molecule has 1 aliphatic rings. The second kappa shape index (κ2) is 6.20. The predicted molar refractivity (Wildman–Crippen MR) is 78.3 cm³/mol. The molecule has 1 fully saturated rings. The molecule has 0 bridgehead atoms. The van der Waals surface area contributed by atoms with E-state index in [1.807, 2.05) is 11.9 Å². The highest BCUT2D eigenvalue weighted by molar-refractivity contribution is 5.78. The average molecular weight is 260 g/mol. The molecule has 0 radical (unpaired) electrons. The molecule has 1 aromatic carbocycles. The van der Waals surface area contributed by atoms with Gasteiger partial charge in [-0.3, -0.25) is 4.79 Å². The molecular formula is C16H24N2O. The van der Waals surface area contributed by atoms with Crippen LogP contribution >= 0.6 is 0 Å². The van der Waals surface area contributed by atoms with Gasteiger partial charge in [0.2, 0.25) is 5.91 Å². The van der Waals surface area contributed by atoms with E-state index in [9.17, 15) is 4.79 Å². The number of carbonyl (C=O) groups is 1. The molecule has 19 heavy (non-hydrogen) atoms. The van der Waals surface area contributed by atoms with Crippen molar-refractivity contribution in [1.82, 2.24) is 10.2 Å². The van der Waals surface area contributed by atoms with E-state index in [1.54, 1.807) is 0 Å². The number of likely N-dealkylation sites (N-methyl/N-ethyl adjacent to an activating group) is 1. The van der Waals surface area contributed by atoms with Gasteiger partial charge in [0.15, 0.2) is 0 Å². The number of nitrogens with one attached hydrogen (secondary N) is 1. The molecule has 1 aromatic rings. The van der Waals surface area contributed by atoms with Crippen LogP contribution in [0.2, 0.25) is 0 Å². The predicted octanol–water partition coefficient (Wildman–Crippen LogP) is 2.06. The minimum atomic E-state index is 0.206. The second-order valence-corrected chi connectivity index (χ2v) is 5.66. The summed E-state index contributed by atoms with van der Waals surface area (Å²) in [6, 6.07) is 6.75. The van der Waals surface area contributed by atoms with Crippen LogP contribution in [-0.2, 0) is 11.2 Å². The lowest BCUT2D eigenvalue weighted by molar-refractivity contribution is -0.129. The molecule has 1 unspecified atom stereocenters. The molecule has 1 amide bonds. The molecule has 0 spiro atoms. The molecule has 1 atom stereocenters. The van der Waals surface area contributed by atoms with Crippen LogP contribution < -0.4 is 5.32 Å². The lowest BCUT2D eigenvalue weighted by Crippen LogP contribution is -2.39. The Hall–Kier alpha value is -1.35. The maximum Gasteiger partial charge on any atom is 0.226 e. The van der Waals surface area contributed by atoms with Crippen molar-refractivity contribution < 1.29 is 4.79 Å². The van der Waals surface area contributed by atoms with Crippen LogP contribution in [0.3, 0.4) is 0 Å². The van der Waals surface area contributed by atoms with E-state index in [-0.39, 0.29) is 5.91 Å². The van der Waals surface area contributed by atoms with Crippen molar-refractivity contribution in [3.8, 4) is 0 Å². The smallest absolute Gasteiger partial charge is 0.226 e. The zero-order chi connectivity index (χ0) is 13.8. The van der Waals surface area contributed by atoms with Crippen LogP contribution in [0.5, 0.6) is 0 Å². The topological polar surface area (TPSA) is 32.3 Å². The summed E-state index contributed by atoms with van der Waals surface area (Å²) in [7, 11) is 1.91. The van der Waals surface area contributed by atoms with Crippen LogP contribution in [0.25, 0.3) is 0 Å². The van der Waals surface area contributed by atoms with Crippen LogP contribution in [0, 0.1) is 13.8 Å². The summed E-state index contributed by atoms with van der Waals surface area (Å²) in [5.74, 6) is 0.206. The highest BCUT2D eigenvalue weighted by Gasteiger charge is 2.18. The van der Waals surface area contributed by atoms with Gasteiger partial charge in [0.05, 0.1) is 6.42 Å². The minimum Gasteiger partial charge on any atom is -0.344 e. The first-order valence-electron chi connectivity index (χ1n) is 7.10. The molecule has 0 aromatic heterocycles. The summed E-state index contributed by atoms with van der Waals surface area (Å²) < 4.78 is 0. The molecule has 2 rings (SSSR count). The Morgan fingerprint density at radius 2 is 2.16 bits per heavy atom. The first-order chi connectivity index (χ1) is 9.06. The molecule has 1 aliphatic heterocycles. The molecule has 3 nitrogen and oxygen atoms in total. The fourth-order valence-corrected chi connectivity index (χ4v) is 2.57. The van der Waals surface area contributed by atoms with Crippen molar-refractivity contribution in [1.29, 1.82) is 0 Å². The van der Waals surface area contributed by atoms with E-state index in [0.29, 0.717) is 12.5 Å². The highest BCUT2D eigenvalue weighted by Crippen LogP contribution is 2.12. The molecule has 104 valence electrons. The minimum absolute atomic E-state index is 0.206. The van der Waals surface area contributed by atoms with Crippen LogP contribution in [0.4, 0.5) is 0 Å². The van der Waals surface area contributed by atoms with Crippen molar-refractivity contribution in [3.05, 3.63) is 34.9 Å². The quantitative estimate of drug-likeness (QED) is 0.898. The van der Waals surface area contributed by atoms with E-state index >= 15 is 0 Å². The van der Waals surface area contributed by atoms with Crippen molar-refractivity contribution in [2.75, 3.05) is 20.1 Å². The van der Waals surface area contributed by atoms with Gasteiger partial charge in [0, 0.05) is 19.6 Å². The number of benzene rings is 1. The largest absolute Gasteiger partial charge is 0.344 e. The van der Waals surface area contributed by atoms with Gasteiger partial charge >= 0.3 is 0 Å². The molecule has 0 aliphatic carbocycles. The second-order valence-electron chi connectivity index (χ2n) is 5.66. The summed E-state index contributed by atoms with van der Waals surface area (Å²) in [5, 5.41) is 3.43. The zero-order valence-corrected chi connectivity index (χ0v) is 12.2. The summed E-state index contributed by atoms with van der Waals surface area (Å²) in [6.45, 7) is 6.10. The average Bonchev–Trinajstić information content (AvgIpc) is 2.86. The van der Waals surface area contributed by atoms with Crippen molar-refractivity contribution in [3.63, 3.8) is 0 Å². The number of carbonyl (C=O) groups excluding carboxylic acids is 1. The van der Waals surface area contributed by atoms with Gasteiger partial charge in [-0.1, -0.05) is 18.2 Å². The SMILES string of the molecule is Cc1ccc(CC(=O)N(C)CC2CCCN2)cc1C. The van der Waals surface area contributed by atoms with Gasteiger partial charge in [-0.15, -0.1) is 0 Å². The van der Waals surface area contributed by atoms with Crippen molar-refractivity contribution >= 4 is 5.91 Å². The summed E-state index contributed by atoms with van der Waals surface area (Å²) in [6.07, 6.45) is 2.91.